The fraction of sp³-hybridized carbons (Fsp3) is 0.636. The summed E-state index contributed by atoms with van der Waals surface area (Å²) in [5, 5.41) is 18.1. The normalized spacial score (nSPS) is 12.3. The predicted octanol–water partition coefficient (Wildman–Crippen LogP) is 0.364. The third-order valence-corrected chi connectivity index (χ3v) is 2.58. The Bertz CT molecular complexity index is 457. The first kappa shape index (κ1) is 14.9. The van der Waals surface area contributed by atoms with Gasteiger partial charge in [0, 0.05) is 7.05 Å². The van der Waals surface area contributed by atoms with E-state index in [-0.39, 0.29) is 12.5 Å². The van der Waals surface area contributed by atoms with Crippen LogP contribution in [-0.4, -0.2) is 50.3 Å². The minimum absolute atomic E-state index is 0.194. The SMILES string of the molecule is Cc1nc(CN(C)C(=O)NC(C(=O)O)C(C)C)n[nH]1. The molecule has 0 spiro atoms. The molecule has 0 fully saturated rings. The number of H-pyrrole nitrogens is 1. The molecule has 0 saturated carbocycles. The number of carboxylic acids is 1. The highest BCUT2D eigenvalue weighted by molar-refractivity contribution is 5.82. The predicted molar refractivity (Wildman–Crippen MR) is 67.4 cm³/mol. The van der Waals surface area contributed by atoms with Crippen molar-refractivity contribution in [3.05, 3.63) is 11.6 Å². The van der Waals surface area contributed by atoms with Crippen LogP contribution in [0.2, 0.25) is 0 Å². The van der Waals surface area contributed by atoms with Crippen LogP contribution in [-0.2, 0) is 11.3 Å². The van der Waals surface area contributed by atoms with Crippen molar-refractivity contribution < 1.29 is 14.7 Å². The summed E-state index contributed by atoms with van der Waals surface area (Å²) in [7, 11) is 1.56. The van der Waals surface area contributed by atoms with Crippen LogP contribution in [0.15, 0.2) is 0 Å². The topological polar surface area (TPSA) is 111 Å². The number of aromatic amines is 1. The van der Waals surface area contributed by atoms with Gasteiger partial charge in [-0.3, -0.25) is 5.10 Å². The van der Waals surface area contributed by atoms with Crippen LogP contribution in [0.5, 0.6) is 0 Å². The van der Waals surface area contributed by atoms with Gasteiger partial charge in [0.05, 0.1) is 6.54 Å². The smallest absolute Gasteiger partial charge is 0.326 e. The molecule has 1 heterocycles. The Morgan fingerprint density at radius 1 is 1.47 bits per heavy atom. The van der Waals surface area contributed by atoms with Gasteiger partial charge >= 0.3 is 12.0 Å². The summed E-state index contributed by atoms with van der Waals surface area (Å²) < 4.78 is 0. The molecular formula is C11H19N5O3. The molecule has 0 saturated heterocycles. The van der Waals surface area contributed by atoms with E-state index in [9.17, 15) is 9.59 Å². The average molecular weight is 269 g/mol. The Balaban J connectivity index is 2.59. The van der Waals surface area contributed by atoms with Crippen molar-refractivity contribution in [1.82, 2.24) is 25.4 Å². The molecule has 106 valence electrons. The van der Waals surface area contributed by atoms with E-state index in [4.69, 9.17) is 5.11 Å². The Labute approximate surface area is 111 Å². The lowest BCUT2D eigenvalue weighted by Gasteiger charge is -2.22. The lowest BCUT2D eigenvalue weighted by atomic mass is 10.1. The number of hydrogen-bond acceptors (Lipinski definition) is 4. The van der Waals surface area contributed by atoms with E-state index in [0.29, 0.717) is 11.6 Å². The first-order chi connectivity index (χ1) is 8.81. The first-order valence-corrected chi connectivity index (χ1v) is 5.93. The quantitative estimate of drug-likeness (QED) is 0.714. The zero-order chi connectivity index (χ0) is 14.6. The second-order valence-corrected chi connectivity index (χ2v) is 4.70. The number of nitrogens with zero attached hydrogens (tertiary/aromatic N) is 3. The standard InChI is InChI=1S/C11H19N5O3/c1-6(2)9(10(17)18)13-11(19)16(4)5-8-12-7(3)14-15-8/h6,9H,5H2,1-4H3,(H,13,19)(H,17,18)(H,12,14,15). The highest BCUT2D eigenvalue weighted by atomic mass is 16.4. The second-order valence-electron chi connectivity index (χ2n) is 4.70. The molecule has 1 rings (SSSR count). The van der Waals surface area contributed by atoms with E-state index in [0.717, 1.165) is 0 Å². The van der Waals surface area contributed by atoms with E-state index < -0.39 is 18.0 Å². The average Bonchev–Trinajstić information content (AvgIpc) is 2.70. The van der Waals surface area contributed by atoms with Gasteiger partial charge in [-0.15, -0.1) is 0 Å². The monoisotopic (exact) mass is 269 g/mol. The molecule has 1 atom stereocenters. The Morgan fingerprint density at radius 3 is 2.53 bits per heavy atom. The van der Waals surface area contributed by atoms with Crippen molar-refractivity contribution in [2.24, 2.45) is 5.92 Å². The molecule has 1 aromatic heterocycles. The molecule has 8 heteroatoms. The van der Waals surface area contributed by atoms with Gasteiger partial charge in [0.2, 0.25) is 0 Å². The van der Waals surface area contributed by atoms with Crippen LogP contribution in [0.25, 0.3) is 0 Å². The summed E-state index contributed by atoms with van der Waals surface area (Å²) in [6.07, 6.45) is 0. The molecule has 0 bridgehead atoms. The molecule has 2 amide bonds. The van der Waals surface area contributed by atoms with E-state index in [1.807, 2.05) is 0 Å². The van der Waals surface area contributed by atoms with Gasteiger partial charge in [-0.05, 0) is 12.8 Å². The van der Waals surface area contributed by atoms with Crippen LogP contribution in [0, 0.1) is 12.8 Å². The second kappa shape index (κ2) is 6.17. The van der Waals surface area contributed by atoms with E-state index in [2.05, 4.69) is 20.5 Å². The molecule has 0 aliphatic rings. The van der Waals surface area contributed by atoms with Gasteiger partial charge in [-0.2, -0.15) is 5.10 Å². The third-order valence-electron chi connectivity index (χ3n) is 2.58. The first-order valence-electron chi connectivity index (χ1n) is 5.93. The molecular weight excluding hydrogens is 250 g/mol. The van der Waals surface area contributed by atoms with E-state index in [1.54, 1.807) is 27.8 Å². The number of carbonyl (C=O) groups excluding carboxylic acids is 1. The molecule has 0 aromatic carbocycles. The molecule has 0 aliphatic carbocycles. The number of carboxylic acid groups (broad SMARTS) is 1. The van der Waals surface area contributed by atoms with Gasteiger partial charge in [-0.1, -0.05) is 13.8 Å². The van der Waals surface area contributed by atoms with Gasteiger partial charge in [0.1, 0.15) is 11.9 Å². The minimum atomic E-state index is -1.05. The maximum absolute atomic E-state index is 11.9. The fourth-order valence-corrected chi connectivity index (χ4v) is 1.50. The van der Waals surface area contributed by atoms with Gasteiger partial charge in [-0.25, -0.2) is 14.6 Å². The van der Waals surface area contributed by atoms with Crippen molar-refractivity contribution in [3.63, 3.8) is 0 Å². The van der Waals surface area contributed by atoms with E-state index in [1.165, 1.54) is 4.90 Å². The number of urea groups is 1. The summed E-state index contributed by atoms with van der Waals surface area (Å²) in [4.78, 5) is 28.3. The largest absolute Gasteiger partial charge is 0.480 e. The van der Waals surface area contributed by atoms with Gasteiger partial charge < -0.3 is 15.3 Å². The number of hydrogen-bond donors (Lipinski definition) is 3. The number of nitrogens with one attached hydrogen (secondary N) is 2. The molecule has 3 N–H and O–H groups in total. The van der Waals surface area contributed by atoms with Crippen LogP contribution in [0.3, 0.4) is 0 Å². The van der Waals surface area contributed by atoms with Crippen LogP contribution < -0.4 is 5.32 Å². The molecule has 0 aliphatic heterocycles. The fourth-order valence-electron chi connectivity index (χ4n) is 1.50. The summed E-state index contributed by atoms with van der Waals surface area (Å²) in [6, 6.07) is -1.38. The van der Waals surface area contributed by atoms with Gasteiger partial charge in [0.15, 0.2) is 5.82 Å². The summed E-state index contributed by atoms with van der Waals surface area (Å²) in [6.45, 7) is 5.44. The zero-order valence-electron chi connectivity index (χ0n) is 11.5. The van der Waals surface area contributed by atoms with Crippen molar-refractivity contribution in [3.8, 4) is 0 Å². The van der Waals surface area contributed by atoms with E-state index >= 15 is 0 Å². The van der Waals surface area contributed by atoms with Crippen LogP contribution in [0.4, 0.5) is 4.79 Å². The molecule has 1 unspecified atom stereocenters. The van der Waals surface area contributed by atoms with Crippen molar-refractivity contribution in [2.45, 2.75) is 33.4 Å². The highest BCUT2D eigenvalue weighted by Crippen LogP contribution is 2.04. The van der Waals surface area contributed by atoms with Crippen molar-refractivity contribution in [1.29, 1.82) is 0 Å². The number of amides is 2. The molecule has 0 radical (unpaired) electrons. The maximum Gasteiger partial charge on any atom is 0.326 e. The molecule has 1 aromatic rings. The Kier molecular flexibility index (Phi) is 4.85. The highest BCUT2D eigenvalue weighted by Gasteiger charge is 2.25. The number of rotatable bonds is 5. The molecule has 19 heavy (non-hydrogen) atoms. The van der Waals surface area contributed by atoms with Crippen LogP contribution >= 0.6 is 0 Å². The zero-order valence-corrected chi connectivity index (χ0v) is 11.5. The summed E-state index contributed by atoms with van der Waals surface area (Å²) >= 11 is 0. The van der Waals surface area contributed by atoms with Crippen molar-refractivity contribution in [2.75, 3.05) is 7.05 Å². The number of aryl methyl sites for hydroxylation is 1. The number of carbonyl (C=O) groups is 2. The number of aliphatic carboxylic acids is 1. The Morgan fingerprint density at radius 2 is 2.11 bits per heavy atom. The van der Waals surface area contributed by atoms with Crippen molar-refractivity contribution >= 4 is 12.0 Å². The maximum atomic E-state index is 11.9. The molecule has 8 nitrogen and oxygen atoms in total. The summed E-state index contributed by atoms with van der Waals surface area (Å²) in [5.74, 6) is -0.105. The lowest BCUT2D eigenvalue weighted by Crippen LogP contribution is -2.48. The lowest BCUT2D eigenvalue weighted by molar-refractivity contribution is -0.140. The minimum Gasteiger partial charge on any atom is -0.480 e. The van der Waals surface area contributed by atoms with Crippen LogP contribution in [0.1, 0.15) is 25.5 Å². The third kappa shape index (κ3) is 4.23. The number of aromatic nitrogens is 3. The van der Waals surface area contributed by atoms with Gasteiger partial charge in [0.25, 0.3) is 0 Å². The Hall–Kier alpha value is -2.12. The summed E-state index contributed by atoms with van der Waals surface area (Å²) in [5.41, 5.74) is 0.